The third-order valence-corrected chi connectivity index (χ3v) is 6.89. The van der Waals surface area contributed by atoms with Crippen molar-refractivity contribution >= 4 is 39.1 Å². The first kappa shape index (κ1) is 23.0. The van der Waals surface area contributed by atoms with Gasteiger partial charge in [0.2, 0.25) is 0 Å². The van der Waals surface area contributed by atoms with Crippen LogP contribution in [-0.2, 0) is 19.6 Å². The summed E-state index contributed by atoms with van der Waals surface area (Å²) < 4.78 is 41.5. The molecule has 0 bridgehead atoms. The molecule has 1 atom stereocenters. The van der Waals surface area contributed by atoms with Gasteiger partial charge in [-0.25, -0.2) is 4.98 Å². The lowest BCUT2D eigenvalue weighted by Crippen LogP contribution is -2.34. The van der Waals surface area contributed by atoms with Gasteiger partial charge in [-0.15, -0.1) is 0 Å². The number of anilines is 2. The molecule has 1 unspecified atom stereocenters. The highest BCUT2D eigenvalue weighted by Crippen LogP contribution is 2.42. The number of fused-ring (bicyclic) bond motifs is 4. The number of nitrogen functional groups attached to an aromatic ring is 1. The van der Waals surface area contributed by atoms with E-state index < -0.39 is 17.8 Å². The molecule has 1 aliphatic rings. The number of hydrogen-bond donors (Lipinski definition) is 1. The summed E-state index contributed by atoms with van der Waals surface area (Å²) in [7, 11) is 1.75. The van der Waals surface area contributed by atoms with Crippen molar-refractivity contribution < 1.29 is 18.0 Å². The molecular weight excluding hydrogens is 481 g/mol. The molecule has 1 aliphatic carbocycles. The number of alkyl halides is 3. The molecular formula is C27H21F3N6O. The molecule has 7 nitrogen and oxygen atoms in total. The van der Waals surface area contributed by atoms with Gasteiger partial charge in [-0.2, -0.15) is 18.3 Å². The van der Waals surface area contributed by atoms with Gasteiger partial charge in [0.15, 0.2) is 0 Å². The third kappa shape index (κ3) is 3.85. The molecule has 6 rings (SSSR count). The van der Waals surface area contributed by atoms with Crippen LogP contribution in [0.5, 0.6) is 0 Å². The first-order valence-corrected chi connectivity index (χ1v) is 11.7. The molecule has 0 aliphatic heterocycles. The van der Waals surface area contributed by atoms with Crippen LogP contribution in [0.1, 0.15) is 39.5 Å². The van der Waals surface area contributed by atoms with Crippen molar-refractivity contribution in [1.29, 1.82) is 0 Å². The van der Waals surface area contributed by atoms with Crippen LogP contribution in [0.3, 0.4) is 0 Å². The second-order valence-corrected chi connectivity index (χ2v) is 9.16. The molecule has 186 valence electrons. The first-order valence-electron chi connectivity index (χ1n) is 11.7. The molecule has 0 fully saturated rings. The van der Waals surface area contributed by atoms with Crippen LogP contribution in [-0.4, -0.2) is 25.7 Å². The lowest BCUT2D eigenvalue weighted by Gasteiger charge is -2.29. The Balaban J connectivity index is 1.47. The Morgan fingerprint density at radius 2 is 1.92 bits per heavy atom. The lowest BCUT2D eigenvalue weighted by atomic mass is 10.0. The van der Waals surface area contributed by atoms with E-state index in [9.17, 15) is 18.0 Å². The molecule has 2 N–H and O–H groups in total. The van der Waals surface area contributed by atoms with Gasteiger partial charge in [0.05, 0.1) is 29.0 Å². The summed E-state index contributed by atoms with van der Waals surface area (Å²) in [5, 5.41) is 6.48. The molecule has 5 aromatic rings. The Hall–Kier alpha value is -4.47. The lowest BCUT2D eigenvalue weighted by molar-refractivity contribution is -0.137. The zero-order valence-corrected chi connectivity index (χ0v) is 19.7. The average Bonchev–Trinajstić information content (AvgIpc) is 3.50. The van der Waals surface area contributed by atoms with Gasteiger partial charge < -0.3 is 5.73 Å². The standard InChI is InChI=1S/C27H21F3N6O/c1-35-14-18(12-33-35)36(24-7-3-15-10-17(27(28,29)30)4-5-19(15)24)26(37)16-2-6-23-21(11-16)22-13-32-9-8-20(22)25(31)34-23/h2,4-6,8-14,24H,3,7H2,1H3,(H2,31,34). The monoisotopic (exact) mass is 502 g/mol. The number of nitrogens with zero attached hydrogens (tertiary/aromatic N) is 5. The average molecular weight is 503 g/mol. The second kappa shape index (κ2) is 8.29. The topological polar surface area (TPSA) is 89.9 Å². The summed E-state index contributed by atoms with van der Waals surface area (Å²) in [6.45, 7) is 0. The highest BCUT2D eigenvalue weighted by Gasteiger charge is 2.36. The Bertz CT molecular complexity index is 1690. The summed E-state index contributed by atoms with van der Waals surface area (Å²) in [5.74, 6) is 0.0864. The Morgan fingerprint density at radius 3 is 2.68 bits per heavy atom. The maximum Gasteiger partial charge on any atom is 0.416 e. The van der Waals surface area contributed by atoms with Crippen molar-refractivity contribution in [3.8, 4) is 0 Å². The number of pyridine rings is 2. The Morgan fingerprint density at radius 1 is 1.08 bits per heavy atom. The molecule has 0 saturated carbocycles. The number of rotatable bonds is 3. The van der Waals surface area contributed by atoms with Crippen molar-refractivity contribution in [1.82, 2.24) is 19.7 Å². The van der Waals surface area contributed by atoms with Crippen LogP contribution in [0.4, 0.5) is 24.7 Å². The van der Waals surface area contributed by atoms with Gasteiger partial charge in [0, 0.05) is 47.4 Å². The van der Waals surface area contributed by atoms with Crippen molar-refractivity contribution in [3.63, 3.8) is 0 Å². The van der Waals surface area contributed by atoms with E-state index >= 15 is 0 Å². The van der Waals surface area contributed by atoms with E-state index in [0.717, 1.165) is 22.2 Å². The summed E-state index contributed by atoms with van der Waals surface area (Å²) in [4.78, 5) is 24.4. The maximum atomic E-state index is 14.1. The van der Waals surface area contributed by atoms with E-state index in [1.807, 2.05) is 0 Å². The SMILES string of the molecule is Cn1cc(N(C(=O)c2ccc3nc(N)c4ccncc4c3c2)C2CCc3cc(C(F)(F)F)ccc32)cn1. The fourth-order valence-corrected chi connectivity index (χ4v) is 5.15. The highest BCUT2D eigenvalue weighted by atomic mass is 19.4. The largest absolute Gasteiger partial charge is 0.416 e. The molecule has 0 saturated heterocycles. The number of aromatic nitrogens is 4. The van der Waals surface area contributed by atoms with E-state index in [4.69, 9.17) is 5.73 Å². The maximum absolute atomic E-state index is 14.1. The third-order valence-electron chi connectivity index (χ3n) is 6.89. The van der Waals surface area contributed by atoms with Crippen molar-refractivity contribution in [2.24, 2.45) is 7.05 Å². The van der Waals surface area contributed by atoms with Crippen LogP contribution in [0, 0.1) is 0 Å². The first-order chi connectivity index (χ1) is 17.7. The summed E-state index contributed by atoms with van der Waals surface area (Å²) >= 11 is 0. The Labute approximate surface area is 209 Å². The van der Waals surface area contributed by atoms with E-state index in [-0.39, 0.29) is 5.91 Å². The summed E-state index contributed by atoms with van der Waals surface area (Å²) in [5.41, 5.74) is 8.33. The fraction of sp³-hybridized carbons (Fsp3) is 0.185. The van der Waals surface area contributed by atoms with E-state index in [0.29, 0.717) is 46.6 Å². The molecule has 3 heterocycles. The summed E-state index contributed by atoms with van der Waals surface area (Å²) in [6.07, 6.45) is 3.14. The molecule has 1 amide bonds. The number of benzene rings is 2. The van der Waals surface area contributed by atoms with Crippen molar-refractivity contribution in [3.05, 3.63) is 89.5 Å². The van der Waals surface area contributed by atoms with Gasteiger partial charge in [0.25, 0.3) is 5.91 Å². The van der Waals surface area contributed by atoms with Crippen molar-refractivity contribution in [2.75, 3.05) is 10.6 Å². The zero-order valence-electron chi connectivity index (χ0n) is 19.7. The van der Waals surface area contributed by atoms with Crippen LogP contribution in [0.25, 0.3) is 21.7 Å². The number of hydrogen-bond acceptors (Lipinski definition) is 5. The molecule has 3 aromatic heterocycles. The Kier molecular flexibility index (Phi) is 5.15. The van der Waals surface area contributed by atoms with Gasteiger partial charge >= 0.3 is 6.18 Å². The van der Waals surface area contributed by atoms with Gasteiger partial charge in [-0.05, 0) is 60.4 Å². The van der Waals surface area contributed by atoms with Crippen LogP contribution >= 0.6 is 0 Å². The molecule has 0 radical (unpaired) electrons. The zero-order chi connectivity index (χ0) is 25.9. The van der Waals surface area contributed by atoms with Gasteiger partial charge in [-0.3, -0.25) is 19.4 Å². The molecule has 10 heteroatoms. The van der Waals surface area contributed by atoms with Crippen LogP contribution in [0.15, 0.2) is 67.3 Å². The minimum Gasteiger partial charge on any atom is -0.383 e. The number of carbonyl (C=O) groups excluding carboxylic acids is 1. The fourth-order valence-electron chi connectivity index (χ4n) is 5.15. The number of carbonyl (C=O) groups is 1. The molecule has 0 spiro atoms. The predicted molar refractivity (Wildman–Crippen MR) is 134 cm³/mol. The molecule has 2 aromatic carbocycles. The highest BCUT2D eigenvalue weighted by molar-refractivity contribution is 6.13. The number of nitrogens with two attached hydrogens (primary N) is 1. The smallest absolute Gasteiger partial charge is 0.383 e. The normalized spacial score (nSPS) is 15.3. The number of halogens is 3. The predicted octanol–water partition coefficient (Wildman–Crippen LogP) is 5.45. The van der Waals surface area contributed by atoms with Gasteiger partial charge in [-0.1, -0.05) is 6.07 Å². The second-order valence-electron chi connectivity index (χ2n) is 9.16. The quantitative estimate of drug-likeness (QED) is 0.331. The van der Waals surface area contributed by atoms with Gasteiger partial charge in [0.1, 0.15) is 5.82 Å². The van der Waals surface area contributed by atoms with E-state index in [2.05, 4.69) is 15.1 Å². The van der Waals surface area contributed by atoms with E-state index in [1.165, 1.54) is 12.1 Å². The minimum absolute atomic E-state index is 0.290. The summed E-state index contributed by atoms with van der Waals surface area (Å²) in [6, 6.07) is 10.3. The van der Waals surface area contributed by atoms with Crippen LogP contribution in [0.2, 0.25) is 0 Å². The number of amides is 1. The minimum atomic E-state index is -4.42. The molecule has 37 heavy (non-hydrogen) atoms. The van der Waals surface area contributed by atoms with E-state index in [1.54, 1.807) is 65.7 Å². The van der Waals surface area contributed by atoms with Crippen LogP contribution < -0.4 is 10.6 Å². The number of aryl methyl sites for hydroxylation is 2. The van der Waals surface area contributed by atoms with Crippen molar-refractivity contribution in [2.45, 2.75) is 25.1 Å².